The Morgan fingerprint density at radius 3 is 2.65 bits per heavy atom. The molecule has 2 atom stereocenters. The molecule has 5 heteroatoms. The van der Waals surface area contributed by atoms with E-state index in [1.165, 1.54) is 19.2 Å². The summed E-state index contributed by atoms with van der Waals surface area (Å²) >= 11 is -1.26. The fraction of sp³-hybridized carbons (Fsp3) is 0.467. The Morgan fingerprint density at radius 1 is 1.50 bits per heavy atom. The first-order valence-electron chi connectivity index (χ1n) is 6.42. The molecule has 0 amide bonds. The van der Waals surface area contributed by atoms with E-state index in [-0.39, 0.29) is 11.9 Å². The standard InChI is InChI=1S/C15H22FNO2S/c1-6-7-13(17-20(18)15(2,3)4)12-10-11(16)8-9-14(12)19-5/h6,8-10,13,17H,1,7H2,2-5H3/t13?,20-/m1/s1. The van der Waals surface area contributed by atoms with Crippen LogP contribution in [-0.2, 0) is 11.4 Å². The molecule has 0 aliphatic heterocycles. The molecule has 0 fully saturated rings. The molecule has 0 spiro atoms. The van der Waals surface area contributed by atoms with E-state index in [0.29, 0.717) is 17.7 Å². The van der Waals surface area contributed by atoms with Gasteiger partial charge < -0.3 is 9.29 Å². The van der Waals surface area contributed by atoms with Crippen molar-refractivity contribution >= 4 is 11.4 Å². The highest BCUT2D eigenvalue weighted by Crippen LogP contribution is 2.30. The van der Waals surface area contributed by atoms with Crippen LogP contribution in [0.1, 0.15) is 38.8 Å². The van der Waals surface area contributed by atoms with E-state index in [0.717, 1.165) is 0 Å². The minimum atomic E-state index is -1.26. The molecule has 1 aromatic carbocycles. The minimum Gasteiger partial charge on any atom is -0.598 e. The normalized spacial score (nSPS) is 14.7. The van der Waals surface area contributed by atoms with Crippen molar-refractivity contribution < 1.29 is 13.7 Å². The van der Waals surface area contributed by atoms with Gasteiger partial charge in [-0.2, -0.15) is 0 Å². The molecule has 0 radical (unpaired) electrons. The topological polar surface area (TPSA) is 44.3 Å². The van der Waals surface area contributed by atoms with E-state index in [9.17, 15) is 8.94 Å². The Labute approximate surface area is 123 Å². The van der Waals surface area contributed by atoms with Gasteiger partial charge >= 0.3 is 0 Å². The van der Waals surface area contributed by atoms with Gasteiger partial charge in [0.2, 0.25) is 0 Å². The molecule has 0 bridgehead atoms. The molecule has 0 aromatic heterocycles. The molecular formula is C15H22FNO2S. The molecule has 0 aliphatic rings. The van der Waals surface area contributed by atoms with Gasteiger partial charge in [0.15, 0.2) is 0 Å². The average Bonchev–Trinajstić information content (AvgIpc) is 2.37. The number of hydrogen-bond acceptors (Lipinski definition) is 3. The fourth-order valence-corrected chi connectivity index (χ4v) is 2.52. The molecule has 1 aromatic rings. The highest BCUT2D eigenvalue weighted by Gasteiger charge is 2.30. The van der Waals surface area contributed by atoms with Gasteiger partial charge in [0.05, 0.1) is 13.2 Å². The van der Waals surface area contributed by atoms with Crippen LogP contribution >= 0.6 is 0 Å². The zero-order valence-electron chi connectivity index (χ0n) is 12.4. The smallest absolute Gasteiger partial charge is 0.136 e. The summed E-state index contributed by atoms with van der Waals surface area (Å²) in [5.74, 6) is 0.217. The monoisotopic (exact) mass is 299 g/mol. The third-order valence-corrected chi connectivity index (χ3v) is 4.39. The zero-order valence-corrected chi connectivity index (χ0v) is 13.2. The number of benzene rings is 1. The Kier molecular flexibility index (Phi) is 6.05. The maximum absolute atomic E-state index is 13.5. The molecular weight excluding hydrogens is 277 g/mol. The molecule has 0 saturated heterocycles. The third kappa shape index (κ3) is 4.51. The Hall–Kier alpha value is -1.04. The van der Waals surface area contributed by atoms with Crippen molar-refractivity contribution in [2.24, 2.45) is 0 Å². The van der Waals surface area contributed by atoms with E-state index in [4.69, 9.17) is 4.74 Å². The van der Waals surface area contributed by atoms with Crippen LogP contribution in [0.15, 0.2) is 30.9 Å². The van der Waals surface area contributed by atoms with E-state index in [1.807, 2.05) is 20.8 Å². The summed E-state index contributed by atoms with van der Waals surface area (Å²) in [7, 11) is 1.53. The van der Waals surface area contributed by atoms with Crippen molar-refractivity contribution in [3.8, 4) is 5.75 Å². The summed E-state index contributed by atoms with van der Waals surface area (Å²) in [6, 6.07) is 4.01. The van der Waals surface area contributed by atoms with Gasteiger partial charge in [-0.15, -0.1) is 11.3 Å². The Balaban J connectivity index is 3.07. The predicted molar refractivity (Wildman–Crippen MR) is 81.5 cm³/mol. The van der Waals surface area contributed by atoms with Gasteiger partial charge in [-0.3, -0.25) is 0 Å². The van der Waals surface area contributed by atoms with Crippen molar-refractivity contribution in [3.63, 3.8) is 0 Å². The van der Waals surface area contributed by atoms with Gasteiger partial charge in [0.25, 0.3) is 0 Å². The molecule has 0 saturated carbocycles. The average molecular weight is 299 g/mol. The molecule has 112 valence electrons. The summed E-state index contributed by atoms with van der Waals surface area (Å²) in [4.78, 5) is 0. The van der Waals surface area contributed by atoms with Gasteiger partial charge in [-0.05, 0) is 45.4 Å². The molecule has 20 heavy (non-hydrogen) atoms. The van der Waals surface area contributed by atoms with Crippen molar-refractivity contribution in [1.82, 2.24) is 4.72 Å². The van der Waals surface area contributed by atoms with Gasteiger partial charge in [-0.1, -0.05) is 6.08 Å². The lowest BCUT2D eigenvalue weighted by Gasteiger charge is -2.28. The highest BCUT2D eigenvalue weighted by molar-refractivity contribution is 7.90. The predicted octanol–water partition coefficient (Wildman–Crippen LogP) is 3.50. The molecule has 0 heterocycles. The van der Waals surface area contributed by atoms with Crippen LogP contribution < -0.4 is 9.46 Å². The molecule has 1 rings (SSSR count). The summed E-state index contributed by atoms with van der Waals surface area (Å²) in [6.45, 7) is 9.34. The van der Waals surface area contributed by atoms with Crippen LogP contribution in [0.25, 0.3) is 0 Å². The van der Waals surface area contributed by atoms with E-state index in [2.05, 4.69) is 11.3 Å². The highest BCUT2D eigenvalue weighted by atomic mass is 32.2. The van der Waals surface area contributed by atoms with E-state index >= 15 is 0 Å². The Bertz CT molecular complexity index is 460. The van der Waals surface area contributed by atoms with Crippen LogP contribution in [0.4, 0.5) is 4.39 Å². The first-order valence-corrected chi connectivity index (χ1v) is 7.57. The fourth-order valence-electron chi connectivity index (χ4n) is 1.69. The summed E-state index contributed by atoms with van der Waals surface area (Å²) in [5, 5.41) is 0. The van der Waals surface area contributed by atoms with Gasteiger partial charge in [0.1, 0.15) is 16.3 Å². The summed E-state index contributed by atoms with van der Waals surface area (Å²) < 4.78 is 33.6. The maximum atomic E-state index is 13.5. The molecule has 1 N–H and O–H groups in total. The van der Waals surface area contributed by atoms with Crippen LogP contribution in [-0.4, -0.2) is 16.4 Å². The van der Waals surface area contributed by atoms with Crippen molar-refractivity contribution in [2.75, 3.05) is 7.11 Å². The first kappa shape index (κ1) is 17.0. The number of halogens is 1. The molecule has 3 nitrogen and oxygen atoms in total. The number of ether oxygens (including phenoxy) is 1. The zero-order chi connectivity index (χ0) is 15.3. The largest absolute Gasteiger partial charge is 0.598 e. The SMILES string of the molecule is C=CCC(N[S@+]([O-])C(C)(C)C)c1cc(F)ccc1OC. The van der Waals surface area contributed by atoms with Crippen molar-refractivity contribution in [1.29, 1.82) is 0 Å². The lowest BCUT2D eigenvalue weighted by Crippen LogP contribution is -2.41. The number of nitrogens with one attached hydrogen (secondary N) is 1. The second-order valence-corrected chi connectivity index (χ2v) is 7.46. The second-order valence-electron chi connectivity index (χ2n) is 5.46. The number of hydrogen-bond donors (Lipinski definition) is 1. The number of methoxy groups -OCH3 is 1. The summed E-state index contributed by atoms with van der Waals surface area (Å²) in [5.41, 5.74) is 0.644. The lowest BCUT2D eigenvalue weighted by atomic mass is 10.0. The molecule has 0 aliphatic carbocycles. The summed E-state index contributed by atoms with van der Waals surface area (Å²) in [6.07, 6.45) is 2.24. The second kappa shape index (κ2) is 7.11. The van der Waals surface area contributed by atoms with Gasteiger partial charge in [0, 0.05) is 16.9 Å². The van der Waals surface area contributed by atoms with Crippen molar-refractivity contribution in [2.45, 2.75) is 38.0 Å². The first-order chi connectivity index (χ1) is 9.29. The maximum Gasteiger partial charge on any atom is 0.136 e. The number of rotatable bonds is 6. The van der Waals surface area contributed by atoms with Gasteiger partial charge in [-0.25, -0.2) is 4.39 Å². The third-order valence-electron chi connectivity index (χ3n) is 2.78. The van der Waals surface area contributed by atoms with E-state index < -0.39 is 16.1 Å². The quantitative estimate of drug-likeness (QED) is 0.646. The minimum absolute atomic E-state index is 0.307. The van der Waals surface area contributed by atoms with Crippen LogP contribution in [0.5, 0.6) is 5.75 Å². The van der Waals surface area contributed by atoms with Crippen molar-refractivity contribution in [3.05, 3.63) is 42.2 Å². The van der Waals surface area contributed by atoms with E-state index in [1.54, 1.807) is 12.1 Å². The van der Waals surface area contributed by atoms with Crippen LogP contribution in [0, 0.1) is 5.82 Å². The van der Waals surface area contributed by atoms with Crippen LogP contribution in [0.2, 0.25) is 0 Å². The Morgan fingerprint density at radius 2 is 2.15 bits per heavy atom. The lowest BCUT2D eigenvalue weighted by molar-refractivity contribution is 0.401. The molecule has 1 unspecified atom stereocenters. The van der Waals surface area contributed by atoms with Crippen LogP contribution in [0.3, 0.4) is 0 Å².